The zero-order valence-corrected chi connectivity index (χ0v) is 18.4. The molecule has 0 radical (unpaired) electrons. The van der Waals surface area contributed by atoms with E-state index < -0.39 is 0 Å². The smallest absolute Gasteiger partial charge is 0.229 e. The Labute approximate surface area is 191 Å². The van der Waals surface area contributed by atoms with Gasteiger partial charge in [0, 0.05) is 48.6 Å². The molecular formula is C24H25N7O2. The maximum absolute atomic E-state index is 7.82. The van der Waals surface area contributed by atoms with Crippen LogP contribution in [-0.2, 0) is 4.74 Å². The van der Waals surface area contributed by atoms with Gasteiger partial charge in [-0.25, -0.2) is 9.97 Å². The van der Waals surface area contributed by atoms with E-state index in [1.807, 2.05) is 54.3 Å². The number of hydrogen-bond acceptors (Lipinski definition) is 9. The number of aromatic nitrogens is 3. The molecule has 0 bridgehead atoms. The summed E-state index contributed by atoms with van der Waals surface area (Å²) in [6, 6.07) is 15.1. The molecule has 0 amide bonds. The largest absolute Gasteiger partial charge is 0.443 e. The summed E-state index contributed by atoms with van der Waals surface area (Å²) in [5.74, 6) is 1.81. The second-order valence-corrected chi connectivity index (χ2v) is 7.28. The van der Waals surface area contributed by atoms with Crippen molar-refractivity contribution in [2.24, 2.45) is 0 Å². The Morgan fingerprint density at radius 2 is 2.03 bits per heavy atom. The minimum absolute atomic E-state index is 0.432. The van der Waals surface area contributed by atoms with Gasteiger partial charge in [-0.3, -0.25) is 0 Å². The Kier molecular flexibility index (Phi) is 6.61. The highest BCUT2D eigenvalue weighted by Gasteiger charge is 2.16. The van der Waals surface area contributed by atoms with Crippen molar-refractivity contribution >= 4 is 35.0 Å². The van der Waals surface area contributed by atoms with Gasteiger partial charge < -0.3 is 30.5 Å². The molecule has 0 aliphatic carbocycles. The summed E-state index contributed by atoms with van der Waals surface area (Å²) in [6.07, 6.45) is 4.37. The summed E-state index contributed by atoms with van der Waals surface area (Å²) < 4.78 is 10.8. The summed E-state index contributed by atoms with van der Waals surface area (Å²) in [5, 5.41) is 11.1. The SMILES string of the molecule is COCCN(c1ccnc(Nc2cccc(-c3ocnc3C)c2)n1)c1cccc(N)c1C=N. The van der Waals surface area contributed by atoms with Gasteiger partial charge in [-0.05, 0) is 37.3 Å². The summed E-state index contributed by atoms with van der Waals surface area (Å²) in [4.78, 5) is 15.2. The van der Waals surface area contributed by atoms with E-state index in [9.17, 15) is 0 Å². The second kappa shape index (κ2) is 9.92. The fourth-order valence-corrected chi connectivity index (χ4v) is 3.51. The van der Waals surface area contributed by atoms with E-state index in [2.05, 4.69) is 15.3 Å². The third kappa shape index (κ3) is 4.83. The standard InChI is InChI=1S/C24H25N7O2/c1-16-23(33-15-28-16)17-5-3-6-18(13-17)29-24-27-10-9-22(30-24)31(11-12-32-2)21-8-4-7-20(26)19(21)14-25/h3-10,13-15,25H,11-12,26H2,1-2H3,(H,27,29,30). The Bertz CT molecular complexity index is 1260. The normalized spacial score (nSPS) is 10.7. The van der Waals surface area contributed by atoms with Crippen LogP contribution in [0.5, 0.6) is 0 Å². The average Bonchev–Trinajstić information content (AvgIpc) is 3.26. The Morgan fingerprint density at radius 1 is 1.18 bits per heavy atom. The van der Waals surface area contributed by atoms with Crippen LogP contribution in [0.4, 0.5) is 28.8 Å². The second-order valence-electron chi connectivity index (χ2n) is 7.28. The van der Waals surface area contributed by atoms with Crippen molar-refractivity contribution in [2.45, 2.75) is 6.92 Å². The predicted molar refractivity (Wildman–Crippen MR) is 130 cm³/mol. The lowest BCUT2D eigenvalue weighted by Gasteiger charge is -2.26. The molecule has 0 aliphatic rings. The Morgan fingerprint density at radius 3 is 2.79 bits per heavy atom. The van der Waals surface area contributed by atoms with Gasteiger partial charge in [-0.1, -0.05) is 18.2 Å². The van der Waals surface area contributed by atoms with E-state index in [-0.39, 0.29) is 0 Å². The lowest BCUT2D eigenvalue weighted by molar-refractivity contribution is 0.207. The number of ether oxygens (including phenoxy) is 1. The summed E-state index contributed by atoms with van der Waals surface area (Å²) >= 11 is 0. The first kappa shape index (κ1) is 22.0. The van der Waals surface area contributed by atoms with Crippen LogP contribution in [0.25, 0.3) is 11.3 Å². The number of aryl methyl sites for hydroxylation is 1. The molecule has 0 saturated heterocycles. The summed E-state index contributed by atoms with van der Waals surface area (Å²) in [6.45, 7) is 2.90. The van der Waals surface area contributed by atoms with Crippen molar-refractivity contribution in [3.05, 3.63) is 72.4 Å². The summed E-state index contributed by atoms with van der Waals surface area (Å²) in [7, 11) is 1.64. The molecule has 0 saturated carbocycles. The molecule has 4 N–H and O–H groups in total. The molecule has 9 heteroatoms. The van der Waals surface area contributed by atoms with Gasteiger partial charge in [0.15, 0.2) is 12.2 Å². The molecule has 168 valence electrons. The number of nitrogens with two attached hydrogens (primary N) is 1. The van der Waals surface area contributed by atoms with Crippen LogP contribution in [0.1, 0.15) is 11.3 Å². The molecule has 2 heterocycles. The van der Waals surface area contributed by atoms with Gasteiger partial charge in [0.1, 0.15) is 5.82 Å². The number of nitrogens with one attached hydrogen (secondary N) is 2. The highest BCUT2D eigenvalue weighted by atomic mass is 16.5. The van der Waals surface area contributed by atoms with Gasteiger partial charge in [0.05, 0.1) is 18.0 Å². The molecular weight excluding hydrogens is 418 g/mol. The molecule has 0 unspecified atom stereocenters. The fraction of sp³-hybridized carbons (Fsp3) is 0.167. The maximum atomic E-state index is 7.82. The van der Waals surface area contributed by atoms with Crippen molar-refractivity contribution in [1.82, 2.24) is 15.0 Å². The number of nitrogen functional groups attached to an aromatic ring is 1. The van der Waals surface area contributed by atoms with E-state index in [0.717, 1.165) is 28.4 Å². The zero-order chi connectivity index (χ0) is 23.2. The van der Waals surface area contributed by atoms with Crippen LogP contribution in [-0.4, -0.2) is 41.4 Å². The van der Waals surface area contributed by atoms with Crippen LogP contribution in [0, 0.1) is 12.3 Å². The number of oxazole rings is 1. The third-order valence-corrected chi connectivity index (χ3v) is 5.11. The van der Waals surface area contributed by atoms with Gasteiger partial charge in [-0.2, -0.15) is 4.98 Å². The Hall–Kier alpha value is -4.24. The molecule has 0 atom stereocenters. The van der Waals surface area contributed by atoms with Crippen molar-refractivity contribution < 1.29 is 9.15 Å². The van der Waals surface area contributed by atoms with Crippen LogP contribution >= 0.6 is 0 Å². The van der Waals surface area contributed by atoms with Crippen LogP contribution in [0.3, 0.4) is 0 Å². The first-order chi connectivity index (χ1) is 16.1. The maximum Gasteiger partial charge on any atom is 0.229 e. The fourth-order valence-electron chi connectivity index (χ4n) is 3.51. The number of nitrogens with zero attached hydrogens (tertiary/aromatic N) is 4. The number of methoxy groups -OCH3 is 1. The van der Waals surface area contributed by atoms with Crippen molar-refractivity contribution in [1.29, 1.82) is 5.41 Å². The average molecular weight is 444 g/mol. The van der Waals surface area contributed by atoms with E-state index in [0.29, 0.717) is 36.2 Å². The molecule has 4 rings (SSSR count). The number of anilines is 5. The first-order valence-electron chi connectivity index (χ1n) is 10.4. The van der Waals surface area contributed by atoms with Gasteiger partial charge in [-0.15, -0.1) is 0 Å². The molecule has 4 aromatic rings. The van der Waals surface area contributed by atoms with Crippen molar-refractivity contribution in [3.63, 3.8) is 0 Å². The van der Waals surface area contributed by atoms with Crippen molar-refractivity contribution in [3.8, 4) is 11.3 Å². The highest BCUT2D eigenvalue weighted by Crippen LogP contribution is 2.31. The van der Waals surface area contributed by atoms with Crippen LogP contribution < -0.4 is 16.0 Å². The molecule has 0 aliphatic heterocycles. The van der Waals surface area contributed by atoms with Gasteiger partial charge in [0.25, 0.3) is 0 Å². The lowest BCUT2D eigenvalue weighted by atomic mass is 10.1. The van der Waals surface area contributed by atoms with E-state index in [1.54, 1.807) is 19.4 Å². The zero-order valence-electron chi connectivity index (χ0n) is 18.4. The first-order valence-corrected chi connectivity index (χ1v) is 10.4. The highest BCUT2D eigenvalue weighted by molar-refractivity contribution is 5.94. The molecule has 9 nitrogen and oxygen atoms in total. The lowest BCUT2D eigenvalue weighted by Crippen LogP contribution is -2.24. The molecule has 2 aromatic carbocycles. The van der Waals surface area contributed by atoms with Gasteiger partial charge >= 0.3 is 0 Å². The quantitative estimate of drug-likeness (QED) is 0.254. The molecule has 0 fully saturated rings. The third-order valence-electron chi connectivity index (χ3n) is 5.11. The number of benzene rings is 2. The summed E-state index contributed by atoms with van der Waals surface area (Å²) in [5.41, 5.74) is 10.6. The molecule has 0 spiro atoms. The number of rotatable bonds is 9. The van der Waals surface area contributed by atoms with Crippen LogP contribution in [0.2, 0.25) is 0 Å². The van der Waals surface area contributed by atoms with Gasteiger partial charge in [0.2, 0.25) is 5.95 Å². The number of hydrogen-bond donors (Lipinski definition) is 3. The van der Waals surface area contributed by atoms with E-state index in [4.69, 9.17) is 25.3 Å². The minimum Gasteiger partial charge on any atom is -0.443 e. The minimum atomic E-state index is 0.432. The van der Waals surface area contributed by atoms with Crippen molar-refractivity contribution in [2.75, 3.05) is 36.2 Å². The monoisotopic (exact) mass is 443 g/mol. The predicted octanol–water partition coefficient (Wildman–Crippen LogP) is 4.55. The topological polar surface area (TPSA) is 126 Å². The van der Waals surface area contributed by atoms with E-state index >= 15 is 0 Å². The van der Waals surface area contributed by atoms with Crippen LogP contribution in [0.15, 0.2) is 65.5 Å². The Balaban J connectivity index is 1.66. The molecule has 2 aromatic heterocycles. The molecule has 33 heavy (non-hydrogen) atoms. The van der Waals surface area contributed by atoms with E-state index in [1.165, 1.54) is 12.6 Å².